The second-order valence-electron chi connectivity index (χ2n) is 6.03. The third-order valence-electron chi connectivity index (χ3n) is 4.16. The number of rotatable bonds is 5. The van der Waals surface area contributed by atoms with Crippen molar-refractivity contribution >= 4 is 0 Å². The largest absolute Gasteiger partial charge is 0.478 e. The van der Waals surface area contributed by atoms with E-state index in [-0.39, 0.29) is 52.3 Å². The third-order valence-corrected chi connectivity index (χ3v) is 4.16. The summed E-state index contributed by atoms with van der Waals surface area (Å²) in [6.45, 7) is 6.12. The summed E-state index contributed by atoms with van der Waals surface area (Å²) in [4.78, 5) is 12.7. The van der Waals surface area contributed by atoms with E-state index in [1.54, 1.807) is 7.05 Å². The molecular weight excluding hydrogens is 413 g/mol. The Labute approximate surface area is 188 Å². The number of hydrogen-bond donors (Lipinski definition) is 0. The Kier molecular flexibility index (Phi) is 11.5. The summed E-state index contributed by atoms with van der Waals surface area (Å²) in [5, 5.41) is 4.43. The average Bonchev–Trinajstić information content (AvgIpc) is 3.43. The molecule has 5 heteroatoms. The molecule has 0 unspecified atom stereocenters. The van der Waals surface area contributed by atoms with Gasteiger partial charge < -0.3 is 12.2 Å². The molecule has 1 aliphatic rings. The van der Waals surface area contributed by atoms with Gasteiger partial charge in [0.05, 0.1) is 5.56 Å². The van der Waals surface area contributed by atoms with Gasteiger partial charge in [-0.25, -0.2) is 4.68 Å². The molecule has 1 saturated carbocycles. The van der Waals surface area contributed by atoms with Gasteiger partial charge in [-0.3, -0.25) is 4.79 Å². The van der Waals surface area contributed by atoms with Crippen molar-refractivity contribution in [1.82, 2.24) is 9.78 Å². The molecule has 2 aromatic rings. The molecule has 0 bridgehead atoms. The maximum Gasteiger partial charge on any atom is 0.278 e. The van der Waals surface area contributed by atoms with Crippen LogP contribution in [0, 0.1) is 32.6 Å². The maximum atomic E-state index is 12.7. The number of aromatic nitrogens is 2. The molecule has 3 rings (SSSR count). The van der Waals surface area contributed by atoms with E-state index >= 15 is 0 Å². The van der Waals surface area contributed by atoms with Crippen LogP contribution in [-0.4, -0.2) is 16.4 Å². The number of hydrogen-bond acceptors (Lipinski definition) is 3. The first-order chi connectivity index (χ1) is 12.1. The minimum absolute atomic E-state index is 0. The van der Waals surface area contributed by atoms with Crippen LogP contribution in [0.5, 0.6) is 5.75 Å². The first-order valence-corrected chi connectivity index (χ1v) is 8.84. The zero-order chi connectivity index (χ0) is 18.4. The van der Waals surface area contributed by atoms with Crippen LogP contribution < -0.4 is 10.3 Å². The fourth-order valence-corrected chi connectivity index (χ4v) is 2.76. The SMILES string of the molecule is C#CCOc1c(CC2CC2)nn(C)c(=O)c1-c1ccccc1C.CC.[CH3-].[Y]. The second kappa shape index (κ2) is 12.1. The fourth-order valence-electron chi connectivity index (χ4n) is 2.76. The smallest absolute Gasteiger partial charge is 0.278 e. The van der Waals surface area contributed by atoms with Gasteiger partial charge in [-0.1, -0.05) is 44.0 Å². The van der Waals surface area contributed by atoms with Crippen LogP contribution in [0.1, 0.15) is 37.9 Å². The molecule has 0 amide bonds. The molecule has 1 radical (unpaired) electrons. The zero-order valence-electron chi connectivity index (χ0n) is 17.1. The molecule has 0 saturated heterocycles. The van der Waals surface area contributed by atoms with Crippen molar-refractivity contribution < 1.29 is 37.4 Å². The van der Waals surface area contributed by atoms with Gasteiger partial charge in [0.15, 0.2) is 5.75 Å². The second-order valence-corrected chi connectivity index (χ2v) is 6.03. The first-order valence-electron chi connectivity index (χ1n) is 8.84. The summed E-state index contributed by atoms with van der Waals surface area (Å²) < 4.78 is 7.18. The summed E-state index contributed by atoms with van der Waals surface area (Å²) in [7, 11) is 1.69. The Morgan fingerprint density at radius 1 is 1.30 bits per heavy atom. The van der Waals surface area contributed by atoms with E-state index in [4.69, 9.17) is 11.2 Å². The van der Waals surface area contributed by atoms with Gasteiger partial charge in [0, 0.05) is 39.8 Å². The minimum atomic E-state index is -0.161. The summed E-state index contributed by atoms with van der Waals surface area (Å²) in [5.74, 6) is 3.67. The molecule has 0 atom stereocenters. The van der Waals surface area contributed by atoms with E-state index in [0.29, 0.717) is 17.2 Å². The van der Waals surface area contributed by atoms with E-state index in [0.717, 1.165) is 23.2 Å². The van der Waals surface area contributed by atoms with E-state index in [2.05, 4.69) is 11.0 Å². The minimum Gasteiger partial charge on any atom is -0.478 e. The van der Waals surface area contributed by atoms with Crippen LogP contribution in [0.25, 0.3) is 11.1 Å². The van der Waals surface area contributed by atoms with Crippen LogP contribution in [0.4, 0.5) is 0 Å². The molecule has 0 aliphatic heterocycles. The molecule has 4 nitrogen and oxygen atoms in total. The van der Waals surface area contributed by atoms with Crippen LogP contribution >= 0.6 is 0 Å². The Hall–Kier alpha value is -1.44. The Balaban J connectivity index is 0.00000164. The molecule has 143 valence electrons. The number of aryl methyl sites for hydroxylation is 2. The van der Waals surface area contributed by atoms with E-state index in [1.165, 1.54) is 17.5 Å². The van der Waals surface area contributed by atoms with Crippen molar-refractivity contribution in [3.8, 4) is 29.2 Å². The predicted molar refractivity (Wildman–Crippen MR) is 108 cm³/mol. The summed E-state index contributed by atoms with van der Waals surface area (Å²) in [5.41, 5.74) is 3.12. The molecule has 27 heavy (non-hydrogen) atoms. The first kappa shape index (κ1) is 25.6. The van der Waals surface area contributed by atoms with Crippen molar-refractivity contribution in [2.75, 3.05) is 6.61 Å². The van der Waals surface area contributed by atoms with Gasteiger partial charge in [0.1, 0.15) is 12.3 Å². The fraction of sp³-hybridized carbons (Fsp3) is 0.409. The topological polar surface area (TPSA) is 44.1 Å². The van der Waals surface area contributed by atoms with Crippen molar-refractivity contribution in [2.45, 2.75) is 40.0 Å². The third kappa shape index (κ3) is 6.30. The van der Waals surface area contributed by atoms with E-state index in [9.17, 15) is 4.79 Å². The zero-order valence-corrected chi connectivity index (χ0v) is 19.9. The number of benzene rings is 1. The quantitative estimate of drug-likeness (QED) is 0.515. The molecule has 0 N–H and O–H groups in total. The molecule has 0 spiro atoms. The molecule has 1 aromatic heterocycles. The Bertz CT molecular complexity index is 833. The molecule has 1 aliphatic carbocycles. The Morgan fingerprint density at radius 2 is 1.93 bits per heavy atom. The normalized spacial score (nSPS) is 11.8. The average molecular weight is 442 g/mol. The number of nitrogens with zero attached hydrogens (tertiary/aromatic N) is 2. The van der Waals surface area contributed by atoms with Crippen molar-refractivity contribution in [3.05, 3.63) is 53.3 Å². The van der Waals surface area contributed by atoms with Crippen LogP contribution in [-0.2, 0) is 46.2 Å². The molecular formula is C22H29N2O2Y-. The van der Waals surface area contributed by atoms with Gasteiger partial charge >= 0.3 is 0 Å². The monoisotopic (exact) mass is 442 g/mol. The summed E-state index contributed by atoms with van der Waals surface area (Å²) >= 11 is 0. The standard InChI is InChI=1S/C19H20N2O2.C2H6.CH3.Y/c1-4-11-23-18-16(12-14-9-10-14)20-21(3)19(22)17(18)15-8-6-5-7-13(15)2;1-2;;/h1,5-8,14H,9-12H2,2-3H3;1-2H3;1H3;/q;;-1;. The van der Waals surface area contributed by atoms with E-state index in [1.807, 2.05) is 45.0 Å². The molecule has 1 fully saturated rings. The number of ether oxygens (including phenoxy) is 1. The van der Waals surface area contributed by atoms with Gasteiger partial charge in [-0.2, -0.15) is 5.10 Å². The van der Waals surface area contributed by atoms with Gasteiger partial charge in [-0.05, 0) is 43.2 Å². The van der Waals surface area contributed by atoms with Crippen LogP contribution in [0.3, 0.4) is 0 Å². The van der Waals surface area contributed by atoms with Gasteiger partial charge in [0.25, 0.3) is 5.56 Å². The Morgan fingerprint density at radius 3 is 2.48 bits per heavy atom. The van der Waals surface area contributed by atoms with E-state index < -0.39 is 0 Å². The predicted octanol–water partition coefficient (Wildman–Crippen LogP) is 4.19. The maximum absolute atomic E-state index is 12.7. The molecule has 1 aromatic carbocycles. The van der Waals surface area contributed by atoms with Gasteiger partial charge in [0.2, 0.25) is 0 Å². The van der Waals surface area contributed by atoms with Crippen molar-refractivity contribution in [2.24, 2.45) is 13.0 Å². The molecule has 1 heterocycles. The van der Waals surface area contributed by atoms with Gasteiger partial charge in [-0.15, -0.1) is 6.42 Å². The van der Waals surface area contributed by atoms with Crippen molar-refractivity contribution in [1.29, 1.82) is 0 Å². The van der Waals surface area contributed by atoms with Crippen LogP contribution in [0.2, 0.25) is 0 Å². The number of terminal acetylenes is 1. The van der Waals surface area contributed by atoms with Crippen LogP contribution in [0.15, 0.2) is 29.1 Å². The summed E-state index contributed by atoms with van der Waals surface area (Å²) in [6, 6.07) is 7.81. The summed E-state index contributed by atoms with van der Waals surface area (Å²) in [6.07, 6.45) is 8.59. The van der Waals surface area contributed by atoms with Crippen molar-refractivity contribution in [3.63, 3.8) is 0 Å².